The summed E-state index contributed by atoms with van der Waals surface area (Å²) in [6.45, 7) is 2.77. The number of aromatic nitrogens is 2. The van der Waals surface area contributed by atoms with Gasteiger partial charge in [0.1, 0.15) is 5.75 Å². The van der Waals surface area contributed by atoms with Crippen LogP contribution < -0.4 is 10.1 Å². The van der Waals surface area contributed by atoms with E-state index in [4.69, 9.17) is 9.26 Å². The first-order valence-electron chi connectivity index (χ1n) is 9.11. The van der Waals surface area contributed by atoms with E-state index in [1.807, 2.05) is 0 Å². The highest BCUT2D eigenvalue weighted by molar-refractivity contribution is 7.89. The van der Waals surface area contributed by atoms with Crippen molar-refractivity contribution in [2.45, 2.75) is 31.1 Å². The molecule has 0 atom stereocenters. The van der Waals surface area contributed by atoms with E-state index in [1.54, 1.807) is 19.1 Å². The molecule has 0 aliphatic carbocycles. The van der Waals surface area contributed by atoms with Crippen LogP contribution in [0.2, 0.25) is 0 Å². The Morgan fingerprint density at radius 3 is 2.54 bits per heavy atom. The van der Waals surface area contributed by atoms with Crippen molar-refractivity contribution in [1.29, 1.82) is 0 Å². The number of amides is 1. The van der Waals surface area contributed by atoms with Crippen molar-refractivity contribution in [3.05, 3.63) is 36.0 Å². The molecule has 1 N–H and O–H groups in total. The number of rotatable bonds is 7. The molecule has 1 aromatic carbocycles. The molecule has 0 unspecified atom stereocenters. The first kappa shape index (κ1) is 20.3. The maximum atomic E-state index is 12.8. The molecule has 0 saturated carbocycles. The van der Waals surface area contributed by atoms with Crippen molar-refractivity contribution >= 4 is 15.9 Å². The van der Waals surface area contributed by atoms with Crippen LogP contribution in [-0.2, 0) is 21.2 Å². The molecule has 0 bridgehead atoms. The number of sulfonamides is 1. The Bertz CT molecular complexity index is 902. The van der Waals surface area contributed by atoms with Crippen molar-refractivity contribution in [2.75, 3.05) is 26.7 Å². The van der Waals surface area contributed by atoms with Crippen LogP contribution >= 0.6 is 0 Å². The summed E-state index contributed by atoms with van der Waals surface area (Å²) in [5, 5.41) is 6.56. The van der Waals surface area contributed by atoms with E-state index in [0.717, 1.165) is 0 Å². The minimum Gasteiger partial charge on any atom is -0.497 e. The molecule has 3 rings (SSSR count). The second kappa shape index (κ2) is 8.70. The third-order valence-electron chi connectivity index (χ3n) is 4.73. The minimum absolute atomic E-state index is 0.0715. The number of nitrogens with zero attached hydrogens (tertiary/aromatic N) is 3. The lowest BCUT2D eigenvalue weighted by atomic mass is 9.97. The van der Waals surface area contributed by atoms with Gasteiger partial charge < -0.3 is 14.6 Å². The molecule has 0 radical (unpaired) electrons. The quantitative estimate of drug-likeness (QED) is 0.731. The normalized spacial score (nSPS) is 16.1. The Labute approximate surface area is 164 Å². The van der Waals surface area contributed by atoms with E-state index >= 15 is 0 Å². The van der Waals surface area contributed by atoms with Crippen LogP contribution in [0, 0.1) is 12.8 Å². The summed E-state index contributed by atoms with van der Waals surface area (Å²) in [6, 6.07) is 6.31. The summed E-state index contributed by atoms with van der Waals surface area (Å²) in [5.74, 6) is 1.37. The maximum Gasteiger partial charge on any atom is 0.243 e. The molecule has 28 heavy (non-hydrogen) atoms. The number of methoxy groups -OCH3 is 1. The minimum atomic E-state index is -3.57. The standard InChI is InChI=1S/C18H24N4O5S/c1-13-20-17(27-21-13)7-10-19-18(23)14-8-11-22(12-9-14)28(24,25)16-5-3-15(26-2)4-6-16/h3-6,14H,7-12H2,1-2H3,(H,19,23). The zero-order chi connectivity index (χ0) is 20.1. The Hall–Kier alpha value is -2.46. The van der Waals surface area contributed by atoms with Gasteiger partial charge in [0.2, 0.25) is 21.8 Å². The first-order chi connectivity index (χ1) is 13.4. The third kappa shape index (κ3) is 4.68. The van der Waals surface area contributed by atoms with Gasteiger partial charge >= 0.3 is 0 Å². The molecule has 1 aliphatic heterocycles. The summed E-state index contributed by atoms with van der Waals surface area (Å²) in [7, 11) is -2.04. The molecule has 9 nitrogen and oxygen atoms in total. The smallest absolute Gasteiger partial charge is 0.243 e. The summed E-state index contributed by atoms with van der Waals surface area (Å²) in [4.78, 5) is 16.6. The van der Waals surface area contributed by atoms with Gasteiger partial charge in [-0.25, -0.2) is 8.42 Å². The number of ether oxygens (including phenoxy) is 1. The van der Waals surface area contributed by atoms with E-state index in [9.17, 15) is 13.2 Å². The van der Waals surface area contributed by atoms with Gasteiger partial charge in [0.25, 0.3) is 0 Å². The average Bonchev–Trinajstić information content (AvgIpc) is 3.13. The van der Waals surface area contributed by atoms with Crippen molar-refractivity contribution in [3.8, 4) is 5.75 Å². The fourth-order valence-corrected chi connectivity index (χ4v) is 4.60. The molecule has 1 aromatic heterocycles. The molecule has 1 aliphatic rings. The van der Waals surface area contributed by atoms with Crippen molar-refractivity contribution in [1.82, 2.24) is 19.8 Å². The largest absolute Gasteiger partial charge is 0.497 e. The topological polar surface area (TPSA) is 115 Å². The van der Waals surface area contributed by atoms with E-state index in [1.165, 1.54) is 23.5 Å². The van der Waals surface area contributed by atoms with Crippen LogP contribution in [0.3, 0.4) is 0 Å². The predicted octanol–water partition coefficient (Wildman–Crippen LogP) is 1.15. The van der Waals surface area contributed by atoms with Crippen molar-refractivity contribution in [2.24, 2.45) is 5.92 Å². The van der Waals surface area contributed by atoms with E-state index in [-0.39, 0.29) is 16.7 Å². The Kier molecular flexibility index (Phi) is 6.30. The molecule has 0 spiro atoms. The zero-order valence-electron chi connectivity index (χ0n) is 15.9. The Morgan fingerprint density at radius 1 is 1.29 bits per heavy atom. The van der Waals surface area contributed by atoms with E-state index < -0.39 is 10.0 Å². The summed E-state index contributed by atoms with van der Waals surface area (Å²) >= 11 is 0. The number of hydrogen-bond acceptors (Lipinski definition) is 7. The Balaban J connectivity index is 1.49. The molecule has 2 aromatic rings. The first-order valence-corrected chi connectivity index (χ1v) is 10.6. The van der Waals surface area contributed by atoms with Crippen LogP contribution in [0.15, 0.2) is 33.7 Å². The van der Waals surface area contributed by atoms with Crippen LogP contribution in [0.1, 0.15) is 24.6 Å². The number of carbonyl (C=O) groups is 1. The van der Waals surface area contributed by atoms with Gasteiger partial charge in [-0.15, -0.1) is 0 Å². The lowest BCUT2D eigenvalue weighted by molar-refractivity contribution is -0.126. The van der Waals surface area contributed by atoms with Gasteiger partial charge in [-0.2, -0.15) is 9.29 Å². The number of hydrogen-bond donors (Lipinski definition) is 1. The highest BCUT2D eigenvalue weighted by Gasteiger charge is 2.32. The number of nitrogens with one attached hydrogen (secondary N) is 1. The average molecular weight is 408 g/mol. The Morgan fingerprint density at radius 2 is 1.96 bits per heavy atom. The van der Waals surface area contributed by atoms with Crippen molar-refractivity contribution in [3.63, 3.8) is 0 Å². The molecule has 1 fully saturated rings. The third-order valence-corrected chi connectivity index (χ3v) is 6.64. The SMILES string of the molecule is COc1ccc(S(=O)(=O)N2CCC(C(=O)NCCc3nc(C)no3)CC2)cc1. The van der Waals surface area contributed by atoms with Gasteiger partial charge in [0, 0.05) is 32.0 Å². The molecule has 152 valence electrons. The zero-order valence-corrected chi connectivity index (χ0v) is 16.7. The monoisotopic (exact) mass is 408 g/mol. The molecular formula is C18H24N4O5S. The van der Waals surface area contributed by atoms with Crippen LogP contribution in [-0.4, -0.2) is 55.5 Å². The maximum absolute atomic E-state index is 12.8. The fraction of sp³-hybridized carbons (Fsp3) is 0.500. The predicted molar refractivity (Wildman–Crippen MR) is 100 cm³/mol. The summed E-state index contributed by atoms with van der Waals surface area (Å²) in [6.07, 6.45) is 1.44. The lowest BCUT2D eigenvalue weighted by Crippen LogP contribution is -2.43. The number of carbonyl (C=O) groups excluding carboxylic acids is 1. The van der Waals surface area contributed by atoms with E-state index in [0.29, 0.717) is 56.4 Å². The van der Waals surface area contributed by atoms with Gasteiger partial charge in [-0.05, 0) is 44.0 Å². The van der Waals surface area contributed by atoms with E-state index in [2.05, 4.69) is 15.5 Å². The van der Waals surface area contributed by atoms with Gasteiger partial charge in [0.15, 0.2) is 5.82 Å². The lowest BCUT2D eigenvalue weighted by Gasteiger charge is -2.30. The van der Waals surface area contributed by atoms with Gasteiger partial charge in [-0.1, -0.05) is 5.16 Å². The number of benzene rings is 1. The van der Waals surface area contributed by atoms with Crippen LogP contribution in [0.4, 0.5) is 0 Å². The molecular weight excluding hydrogens is 384 g/mol. The molecule has 2 heterocycles. The molecule has 10 heteroatoms. The second-order valence-electron chi connectivity index (χ2n) is 6.63. The number of piperidine rings is 1. The van der Waals surface area contributed by atoms with Crippen LogP contribution in [0.5, 0.6) is 5.75 Å². The fourth-order valence-electron chi connectivity index (χ4n) is 3.13. The van der Waals surface area contributed by atoms with Gasteiger partial charge in [0.05, 0.1) is 12.0 Å². The molecule has 1 amide bonds. The highest BCUT2D eigenvalue weighted by atomic mass is 32.2. The summed E-state index contributed by atoms with van der Waals surface area (Å²) < 4.78 is 37.0. The summed E-state index contributed by atoms with van der Waals surface area (Å²) in [5.41, 5.74) is 0. The number of aryl methyl sites for hydroxylation is 1. The van der Waals surface area contributed by atoms with Crippen molar-refractivity contribution < 1.29 is 22.5 Å². The molecule has 1 saturated heterocycles. The highest BCUT2D eigenvalue weighted by Crippen LogP contribution is 2.25. The van der Waals surface area contributed by atoms with Gasteiger partial charge in [-0.3, -0.25) is 4.79 Å². The van der Waals surface area contributed by atoms with Crippen LogP contribution in [0.25, 0.3) is 0 Å². The second-order valence-corrected chi connectivity index (χ2v) is 8.57.